The van der Waals surface area contributed by atoms with Crippen LogP contribution in [0.15, 0.2) is 18.2 Å². The fraction of sp³-hybridized carbons (Fsp3) is 0.455. The lowest BCUT2D eigenvalue weighted by Gasteiger charge is -2.31. The molecule has 0 aliphatic carbocycles. The van der Waals surface area contributed by atoms with E-state index >= 15 is 0 Å². The molecule has 1 nitrogen and oxygen atoms in total. The first-order valence-corrected chi connectivity index (χ1v) is 5.06. The Morgan fingerprint density at radius 2 is 2.23 bits per heavy atom. The van der Waals surface area contributed by atoms with Crippen molar-refractivity contribution in [3.05, 3.63) is 34.9 Å². The standard InChI is InChI=1S/C11H14ClN/c1-8-4-3-5-9-6-7-13(2)11(12)10(8)9/h3-5,11H,6-7H2,1-2H3. The molecule has 1 heterocycles. The minimum absolute atomic E-state index is 0.0601. The molecule has 0 aromatic heterocycles. The number of likely N-dealkylation sites (N-methyl/N-ethyl adjacent to an activating group) is 1. The van der Waals surface area contributed by atoms with E-state index in [9.17, 15) is 0 Å². The highest BCUT2D eigenvalue weighted by Gasteiger charge is 2.23. The Morgan fingerprint density at radius 1 is 1.46 bits per heavy atom. The fourth-order valence-corrected chi connectivity index (χ4v) is 2.34. The largest absolute Gasteiger partial charge is 0.286 e. The maximum Gasteiger partial charge on any atom is 0.111 e. The highest BCUT2D eigenvalue weighted by atomic mass is 35.5. The highest BCUT2D eigenvalue weighted by Crippen LogP contribution is 2.33. The van der Waals surface area contributed by atoms with Gasteiger partial charge < -0.3 is 0 Å². The zero-order valence-electron chi connectivity index (χ0n) is 8.05. The molecule has 0 spiro atoms. The molecule has 0 saturated heterocycles. The number of hydrogen-bond donors (Lipinski definition) is 0. The zero-order chi connectivity index (χ0) is 9.42. The summed E-state index contributed by atoms with van der Waals surface area (Å²) in [6.07, 6.45) is 1.12. The van der Waals surface area contributed by atoms with Gasteiger partial charge in [0, 0.05) is 6.54 Å². The molecule has 1 atom stereocenters. The van der Waals surface area contributed by atoms with E-state index in [0.717, 1.165) is 13.0 Å². The minimum atomic E-state index is 0.0601. The summed E-state index contributed by atoms with van der Waals surface area (Å²) in [7, 11) is 2.08. The maximum absolute atomic E-state index is 6.33. The molecule has 1 aromatic carbocycles. The SMILES string of the molecule is Cc1cccc2c1C(Cl)N(C)CC2. The molecule has 0 bridgehead atoms. The maximum atomic E-state index is 6.33. The van der Waals surface area contributed by atoms with Crippen LogP contribution in [0.1, 0.15) is 22.2 Å². The monoisotopic (exact) mass is 195 g/mol. The Morgan fingerprint density at radius 3 is 3.00 bits per heavy atom. The first-order chi connectivity index (χ1) is 6.20. The number of alkyl halides is 1. The van der Waals surface area contributed by atoms with Crippen LogP contribution in [0.5, 0.6) is 0 Å². The number of benzene rings is 1. The second-order valence-corrected chi connectivity index (χ2v) is 4.13. The Kier molecular flexibility index (Phi) is 2.31. The van der Waals surface area contributed by atoms with Crippen LogP contribution in [-0.4, -0.2) is 18.5 Å². The smallest absolute Gasteiger partial charge is 0.111 e. The molecular formula is C11H14ClN. The van der Waals surface area contributed by atoms with E-state index in [1.54, 1.807) is 0 Å². The Bertz CT molecular complexity index is 322. The van der Waals surface area contributed by atoms with Gasteiger partial charge >= 0.3 is 0 Å². The van der Waals surface area contributed by atoms with Crippen LogP contribution in [0.25, 0.3) is 0 Å². The van der Waals surface area contributed by atoms with Crippen LogP contribution < -0.4 is 0 Å². The molecule has 0 amide bonds. The predicted octanol–water partition coefficient (Wildman–Crippen LogP) is 2.72. The van der Waals surface area contributed by atoms with Crippen LogP contribution in [0.2, 0.25) is 0 Å². The third-order valence-corrected chi connectivity index (χ3v) is 3.32. The Labute approximate surface area is 84.3 Å². The van der Waals surface area contributed by atoms with Crippen LogP contribution in [0.3, 0.4) is 0 Å². The predicted molar refractivity (Wildman–Crippen MR) is 56.1 cm³/mol. The van der Waals surface area contributed by atoms with Crippen molar-refractivity contribution in [1.29, 1.82) is 0 Å². The third-order valence-electron chi connectivity index (χ3n) is 2.77. The van der Waals surface area contributed by atoms with Gasteiger partial charge in [-0.15, -0.1) is 11.6 Å². The summed E-state index contributed by atoms with van der Waals surface area (Å²) in [6.45, 7) is 3.19. The molecule has 1 unspecified atom stereocenters. The van der Waals surface area contributed by atoms with Crippen molar-refractivity contribution in [2.75, 3.05) is 13.6 Å². The molecule has 1 aliphatic rings. The number of rotatable bonds is 0. The van der Waals surface area contributed by atoms with Gasteiger partial charge in [0.2, 0.25) is 0 Å². The number of nitrogens with zero attached hydrogens (tertiary/aromatic N) is 1. The molecule has 70 valence electrons. The summed E-state index contributed by atoms with van der Waals surface area (Å²) in [4.78, 5) is 2.19. The first-order valence-electron chi connectivity index (χ1n) is 4.63. The van der Waals surface area contributed by atoms with Gasteiger partial charge in [0.05, 0.1) is 0 Å². The van der Waals surface area contributed by atoms with Gasteiger partial charge in [-0.1, -0.05) is 18.2 Å². The lowest BCUT2D eigenvalue weighted by atomic mass is 9.96. The molecule has 1 aromatic rings. The molecule has 13 heavy (non-hydrogen) atoms. The summed E-state index contributed by atoms with van der Waals surface area (Å²) in [5.41, 5.74) is 4.10. The number of fused-ring (bicyclic) bond motifs is 1. The molecule has 2 heteroatoms. The quantitative estimate of drug-likeness (QED) is 0.455. The van der Waals surface area contributed by atoms with Crippen molar-refractivity contribution >= 4 is 11.6 Å². The van der Waals surface area contributed by atoms with Crippen molar-refractivity contribution in [2.24, 2.45) is 0 Å². The minimum Gasteiger partial charge on any atom is -0.286 e. The normalized spacial score (nSPS) is 22.8. The van der Waals surface area contributed by atoms with E-state index in [4.69, 9.17) is 11.6 Å². The van der Waals surface area contributed by atoms with Gasteiger partial charge in [-0.25, -0.2) is 0 Å². The van der Waals surface area contributed by atoms with Crippen LogP contribution in [0, 0.1) is 6.92 Å². The average molecular weight is 196 g/mol. The van der Waals surface area contributed by atoms with Crippen molar-refractivity contribution in [2.45, 2.75) is 18.8 Å². The molecular weight excluding hydrogens is 182 g/mol. The molecule has 1 aliphatic heterocycles. The van der Waals surface area contributed by atoms with Crippen LogP contribution >= 0.6 is 11.6 Å². The summed E-state index contributed by atoms with van der Waals surface area (Å²) in [5.74, 6) is 0. The summed E-state index contributed by atoms with van der Waals surface area (Å²) in [6, 6.07) is 6.43. The van der Waals surface area contributed by atoms with Gasteiger partial charge in [-0.2, -0.15) is 0 Å². The zero-order valence-corrected chi connectivity index (χ0v) is 8.80. The summed E-state index contributed by atoms with van der Waals surface area (Å²) < 4.78 is 0. The van der Waals surface area contributed by atoms with Gasteiger partial charge in [0.1, 0.15) is 5.50 Å². The highest BCUT2D eigenvalue weighted by molar-refractivity contribution is 6.20. The van der Waals surface area contributed by atoms with Crippen molar-refractivity contribution in [1.82, 2.24) is 4.90 Å². The third kappa shape index (κ3) is 1.47. The molecule has 0 radical (unpaired) electrons. The molecule has 0 N–H and O–H groups in total. The van der Waals surface area contributed by atoms with E-state index in [0.29, 0.717) is 0 Å². The second kappa shape index (κ2) is 3.32. The lowest BCUT2D eigenvalue weighted by Crippen LogP contribution is -2.29. The molecule has 0 saturated carbocycles. The molecule has 2 rings (SSSR count). The Hall–Kier alpha value is -0.530. The van der Waals surface area contributed by atoms with E-state index in [1.807, 2.05) is 0 Å². The van der Waals surface area contributed by atoms with Gasteiger partial charge in [0.15, 0.2) is 0 Å². The second-order valence-electron chi connectivity index (χ2n) is 3.71. The van der Waals surface area contributed by atoms with Crippen molar-refractivity contribution in [3.8, 4) is 0 Å². The average Bonchev–Trinajstić information content (AvgIpc) is 2.12. The van der Waals surface area contributed by atoms with Crippen molar-refractivity contribution in [3.63, 3.8) is 0 Å². The fourth-order valence-electron chi connectivity index (χ4n) is 1.93. The Balaban J connectivity index is 2.51. The van der Waals surface area contributed by atoms with Crippen LogP contribution in [-0.2, 0) is 6.42 Å². The summed E-state index contributed by atoms with van der Waals surface area (Å²) >= 11 is 6.33. The van der Waals surface area contributed by atoms with E-state index < -0.39 is 0 Å². The van der Waals surface area contributed by atoms with E-state index in [2.05, 4.69) is 37.1 Å². The van der Waals surface area contributed by atoms with Crippen LogP contribution in [0.4, 0.5) is 0 Å². The molecule has 0 fully saturated rings. The van der Waals surface area contributed by atoms with Gasteiger partial charge in [-0.05, 0) is 37.1 Å². The van der Waals surface area contributed by atoms with Crippen molar-refractivity contribution < 1.29 is 0 Å². The lowest BCUT2D eigenvalue weighted by molar-refractivity contribution is 0.297. The number of halogens is 1. The number of aryl methyl sites for hydroxylation is 1. The van der Waals surface area contributed by atoms with E-state index in [-0.39, 0.29) is 5.50 Å². The first kappa shape index (κ1) is 9.04. The van der Waals surface area contributed by atoms with E-state index in [1.165, 1.54) is 16.7 Å². The summed E-state index contributed by atoms with van der Waals surface area (Å²) in [5, 5.41) is 0. The topological polar surface area (TPSA) is 3.24 Å². The van der Waals surface area contributed by atoms with Gasteiger partial charge in [-0.3, -0.25) is 4.90 Å². The number of hydrogen-bond acceptors (Lipinski definition) is 1. The van der Waals surface area contributed by atoms with Gasteiger partial charge in [0.25, 0.3) is 0 Å².